The molecule has 3 heterocycles. The van der Waals surface area contributed by atoms with Gasteiger partial charge < -0.3 is 9.84 Å². The molecule has 0 atom stereocenters. The van der Waals surface area contributed by atoms with Gasteiger partial charge in [0.1, 0.15) is 5.82 Å². The van der Waals surface area contributed by atoms with E-state index in [0.29, 0.717) is 17.4 Å². The maximum atomic E-state index is 5.29. The highest BCUT2D eigenvalue weighted by Gasteiger charge is 2.12. The lowest BCUT2D eigenvalue weighted by Crippen LogP contribution is -2.06. The molecule has 124 valence electrons. The van der Waals surface area contributed by atoms with Crippen molar-refractivity contribution in [3.05, 3.63) is 64.9 Å². The Morgan fingerprint density at radius 2 is 1.88 bits per heavy atom. The van der Waals surface area contributed by atoms with Gasteiger partial charge in [0, 0.05) is 17.0 Å². The van der Waals surface area contributed by atoms with Crippen molar-refractivity contribution in [2.75, 3.05) is 11.9 Å². The number of hydrogen-bond donors (Lipinski definition) is 1. The van der Waals surface area contributed by atoms with Crippen LogP contribution in [0.2, 0.25) is 0 Å². The fourth-order valence-electron chi connectivity index (χ4n) is 2.34. The van der Waals surface area contributed by atoms with Gasteiger partial charge in [0.25, 0.3) is 5.89 Å². The van der Waals surface area contributed by atoms with Gasteiger partial charge in [-0.05, 0) is 30.0 Å². The Morgan fingerprint density at radius 3 is 2.64 bits per heavy atom. The van der Waals surface area contributed by atoms with Gasteiger partial charge in [-0.1, -0.05) is 41.6 Å². The molecule has 0 bridgehead atoms. The Hall–Kier alpha value is -3.06. The van der Waals surface area contributed by atoms with Crippen LogP contribution in [0, 0.1) is 0 Å². The minimum absolute atomic E-state index is 0.358. The van der Waals surface area contributed by atoms with Crippen LogP contribution in [-0.4, -0.2) is 26.9 Å². The van der Waals surface area contributed by atoms with Gasteiger partial charge in [-0.3, -0.25) is 0 Å². The summed E-state index contributed by atoms with van der Waals surface area (Å²) < 4.78 is 5.29. The highest BCUT2D eigenvalue weighted by molar-refractivity contribution is 7.09. The molecular weight excluding hydrogens is 334 g/mol. The lowest BCUT2D eigenvalue weighted by molar-refractivity contribution is 0.430. The van der Waals surface area contributed by atoms with E-state index in [-0.39, 0.29) is 0 Å². The van der Waals surface area contributed by atoms with Crippen LogP contribution in [0.1, 0.15) is 4.88 Å². The highest BCUT2D eigenvalue weighted by atomic mass is 32.1. The van der Waals surface area contributed by atoms with Crippen LogP contribution in [0.15, 0.2) is 64.5 Å². The van der Waals surface area contributed by atoms with E-state index < -0.39 is 0 Å². The summed E-state index contributed by atoms with van der Waals surface area (Å²) in [6.07, 6.45) is 0.963. The van der Waals surface area contributed by atoms with Gasteiger partial charge in [0.2, 0.25) is 5.82 Å². The number of benzene rings is 1. The quantitative estimate of drug-likeness (QED) is 0.569. The van der Waals surface area contributed by atoms with Gasteiger partial charge >= 0.3 is 0 Å². The van der Waals surface area contributed by atoms with Crippen LogP contribution < -0.4 is 5.32 Å². The number of nitrogens with zero attached hydrogens (tertiary/aromatic N) is 4. The number of nitrogens with one attached hydrogen (secondary N) is 1. The molecule has 25 heavy (non-hydrogen) atoms. The molecule has 0 saturated carbocycles. The van der Waals surface area contributed by atoms with E-state index in [1.165, 1.54) is 4.88 Å². The number of rotatable bonds is 6. The summed E-state index contributed by atoms with van der Waals surface area (Å²) in [6.45, 7) is 0.813. The smallest absolute Gasteiger partial charge is 0.278 e. The van der Waals surface area contributed by atoms with Crippen molar-refractivity contribution in [2.24, 2.45) is 0 Å². The summed E-state index contributed by atoms with van der Waals surface area (Å²) in [6, 6.07) is 17.5. The molecule has 0 unspecified atom stereocenters. The van der Waals surface area contributed by atoms with Gasteiger partial charge in [-0.25, -0.2) is 0 Å². The lowest BCUT2D eigenvalue weighted by atomic mass is 10.2. The Bertz CT molecular complexity index is 920. The van der Waals surface area contributed by atoms with Crippen molar-refractivity contribution >= 4 is 17.2 Å². The fraction of sp³-hybridized carbons (Fsp3) is 0.111. The highest BCUT2D eigenvalue weighted by Crippen LogP contribution is 2.20. The third kappa shape index (κ3) is 3.72. The first-order chi connectivity index (χ1) is 12.4. The van der Waals surface area contributed by atoms with Gasteiger partial charge in [0.15, 0.2) is 5.69 Å². The van der Waals surface area contributed by atoms with Crippen molar-refractivity contribution in [2.45, 2.75) is 6.42 Å². The Morgan fingerprint density at radius 1 is 0.960 bits per heavy atom. The van der Waals surface area contributed by atoms with Gasteiger partial charge in [0.05, 0.1) is 0 Å². The largest absolute Gasteiger partial charge is 0.368 e. The molecule has 7 heteroatoms. The first-order valence-electron chi connectivity index (χ1n) is 7.88. The molecule has 0 aliphatic carbocycles. The van der Waals surface area contributed by atoms with Crippen molar-refractivity contribution in [3.63, 3.8) is 0 Å². The van der Waals surface area contributed by atoms with E-state index in [2.05, 4.69) is 43.2 Å². The van der Waals surface area contributed by atoms with E-state index in [9.17, 15) is 0 Å². The summed E-state index contributed by atoms with van der Waals surface area (Å²) in [4.78, 5) is 5.72. The monoisotopic (exact) mass is 349 g/mol. The van der Waals surface area contributed by atoms with E-state index in [0.717, 1.165) is 24.3 Å². The molecule has 0 aliphatic rings. The molecule has 0 spiro atoms. The molecule has 0 amide bonds. The summed E-state index contributed by atoms with van der Waals surface area (Å²) in [5.74, 6) is 1.62. The van der Waals surface area contributed by atoms with Gasteiger partial charge in [-0.2, -0.15) is 4.98 Å². The van der Waals surface area contributed by atoms with Crippen molar-refractivity contribution < 1.29 is 4.52 Å². The standard InChI is InChI=1S/C18H15N5OS/c1-2-5-13(6-3-1)17-20-18(24-23-17)15-8-9-16(22-21-15)19-11-10-14-7-4-12-25-14/h1-9,12H,10-11H2,(H,19,22). The van der Waals surface area contributed by atoms with E-state index in [1.54, 1.807) is 11.3 Å². The molecule has 4 aromatic rings. The van der Waals surface area contributed by atoms with Crippen LogP contribution in [0.5, 0.6) is 0 Å². The van der Waals surface area contributed by atoms with Crippen LogP contribution in [-0.2, 0) is 6.42 Å². The maximum Gasteiger partial charge on any atom is 0.278 e. The lowest BCUT2D eigenvalue weighted by Gasteiger charge is -2.03. The number of thiophene rings is 1. The number of anilines is 1. The minimum Gasteiger partial charge on any atom is -0.368 e. The average Bonchev–Trinajstić information content (AvgIpc) is 3.35. The molecule has 0 aliphatic heterocycles. The third-order valence-electron chi connectivity index (χ3n) is 3.60. The zero-order valence-electron chi connectivity index (χ0n) is 13.3. The minimum atomic E-state index is 0.358. The molecule has 1 aromatic carbocycles. The topological polar surface area (TPSA) is 76.7 Å². The first kappa shape index (κ1) is 15.5. The zero-order valence-corrected chi connectivity index (χ0v) is 14.1. The molecule has 0 radical (unpaired) electrons. The van der Waals surface area contributed by atoms with Crippen LogP contribution >= 0.6 is 11.3 Å². The van der Waals surface area contributed by atoms with Crippen LogP contribution in [0.25, 0.3) is 23.0 Å². The fourth-order valence-corrected chi connectivity index (χ4v) is 3.05. The second kappa shape index (κ2) is 7.23. The predicted octanol–water partition coefficient (Wildman–Crippen LogP) is 3.91. The van der Waals surface area contributed by atoms with E-state index in [4.69, 9.17) is 4.52 Å². The summed E-state index contributed by atoms with van der Waals surface area (Å²) in [7, 11) is 0. The second-order valence-corrected chi connectivity index (χ2v) is 6.38. The third-order valence-corrected chi connectivity index (χ3v) is 4.54. The maximum absolute atomic E-state index is 5.29. The Kier molecular flexibility index (Phi) is 4.47. The molecule has 6 nitrogen and oxygen atoms in total. The first-order valence-corrected chi connectivity index (χ1v) is 8.76. The average molecular weight is 349 g/mol. The normalized spacial score (nSPS) is 10.7. The Balaban J connectivity index is 1.41. The van der Waals surface area contributed by atoms with E-state index in [1.807, 2.05) is 42.5 Å². The van der Waals surface area contributed by atoms with Crippen molar-refractivity contribution in [1.82, 2.24) is 20.3 Å². The van der Waals surface area contributed by atoms with Crippen LogP contribution in [0.3, 0.4) is 0 Å². The summed E-state index contributed by atoms with van der Waals surface area (Å²) in [5.41, 5.74) is 1.45. The van der Waals surface area contributed by atoms with Crippen LogP contribution in [0.4, 0.5) is 5.82 Å². The zero-order chi connectivity index (χ0) is 16.9. The number of aromatic nitrogens is 4. The molecular formula is C18H15N5OS. The van der Waals surface area contributed by atoms with E-state index >= 15 is 0 Å². The molecule has 3 aromatic heterocycles. The van der Waals surface area contributed by atoms with Gasteiger partial charge in [-0.15, -0.1) is 21.5 Å². The molecule has 1 N–H and O–H groups in total. The summed E-state index contributed by atoms with van der Waals surface area (Å²) >= 11 is 1.75. The second-order valence-electron chi connectivity index (χ2n) is 5.35. The number of hydrogen-bond acceptors (Lipinski definition) is 7. The molecule has 0 fully saturated rings. The summed E-state index contributed by atoms with van der Waals surface area (Å²) in [5, 5.41) is 17.7. The van der Waals surface area contributed by atoms with Crippen molar-refractivity contribution in [1.29, 1.82) is 0 Å². The molecule has 4 rings (SSSR count). The Labute approximate surface area is 148 Å². The van der Waals surface area contributed by atoms with Crippen molar-refractivity contribution in [3.8, 4) is 23.0 Å². The molecule has 0 saturated heterocycles. The predicted molar refractivity (Wildman–Crippen MR) is 97.3 cm³/mol. The SMILES string of the molecule is c1ccc(-c2noc(-c3ccc(NCCc4cccs4)nn3)n2)cc1.